The number of benzene rings is 2. The van der Waals surface area contributed by atoms with Gasteiger partial charge >= 0.3 is 20.4 Å². The molecule has 0 aliphatic carbocycles. The van der Waals surface area contributed by atoms with Crippen molar-refractivity contribution >= 4 is 7.69 Å². The fourth-order valence-electron chi connectivity index (χ4n) is 2.43. The second-order valence-electron chi connectivity index (χ2n) is 7.05. The fraction of sp³-hybridized carbons (Fsp3) is 0.400. The third kappa shape index (κ3) is 9.50. The van der Waals surface area contributed by atoms with Crippen LogP contribution in [0.15, 0.2) is 36.4 Å². The second kappa shape index (κ2) is 10.7. The van der Waals surface area contributed by atoms with Crippen molar-refractivity contribution in [2.75, 3.05) is 0 Å². The van der Waals surface area contributed by atoms with Crippen LogP contribution in [0.2, 0.25) is 0 Å². The van der Waals surface area contributed by atoms with Crippen LogP contribution in [0.3, 0.4) is 0 Å². The average Bonchev–Trinajstić information content (AvgIpc) is 2.62. The van der Waals surface area contributed by atoms with Crippen LogP contribution < -0.4 is 28.3 Å². The van der Waals surface area contributed by atoms with Crippen LogP contribution in [-0.4, -0.2) is 32.6 Å². The molecule has 0 fully saturated rings. The van der Waals surface area contributed by atoms with E-state index in [0.29, 0.717) is 0 Å². The van der Waals surface area contributed by atoms with Crippen molar-refractivity contribution < 1.29 is 54.6 Å². The summed E-state index contributed by atoms with van der Waals surface area (Å²) in [5.41, 5.74) is 0. The van der Waals surface area contributed by atoms with E-state index in [1.165, 1.54) is 24.3 Å². The molecule has 0 radical (unpaired) electrons. The van der Waals surface area contributed by atoms with Gasteiger partial charge in [0.2, 0.25) is 0 Å². The minimum atomic E-state index is -4.96. The van der Waals surface area contributed by atoms with Crippen LogP contribution in [0.25, 0.3) is 0 Å². The zero-order valence-corrected chi connectivity index (χ0v) is 18.0. The Labute approximate surface area is 186 Å². The molecule has 0 N–H and O–H groups in total. The van der Waals surface area contributed by atoms with Crippen molar-refractivity contribution in [2.45, 2.75) is 52.6 Å². The maximum atomic E-state index is 12.7. The maximum Gasteiger partial charge on any atom is 0.576 e. The summed E-state index contributed by atoms with van der Waals surface area (Å²) in [5.74, 6) is -1.65. The summed E-state index contributed by atoms with van der Waals surface area (Å²) in [5, 5.41) is 0. The first kappa shape index (κ1) is 26.1. The Bertz CT molecular complexity index is 843. The Morgan fingerprint density at radius 1 is 0.606 bits per heavy atom. The number of ether oxygens (including phenoxy) is 4. The highest BCUT2D eigenvalue weighted by atomic mass is 19.4. The summed E-state index contributed by atoms with van der Waals surface area (Å²) in [6.07, 6.45) is -10.7. The van der Waals surface area contributed by atoms with Gasteiger partial charge in [0.25, 0.3) is 0 Å². The molecule has 0 atom stereocenters. The molecule has 0 heterocycles. The number of hydrogen-bond acceptors (Lipinski definition) is 6. The highest BCUT2D eigenvalue weighted by Gasteiger charge is 2.34. The molecule has 0 saturated carbocycles. The molecule has 13 heteroatoms. The zero-order valence-electron chi connectivity index (χ0n) is 18.0. The molecule has 182 valence electrons. The summed E-state index contributed by atoms with van der Waals surface area (Å²) < 4.78 is 105. The number of alkyl halides is 6. The van der Waals surface area contributed by atoms with Crippen LogP contribution in [0.4, 0.5) is 26.3 Å². The molecule has 2 aromatic rings. The van der Waals surface area contributed by atoms with Crippen LogP contribution in [0.5, 0.6) is 34.5 Å². The highest BCUT2D eigenvalue weighted by Crippen LogP contribution is 2.37. The molecule has 0 unspecified atom stereocenters. The molecule has 0 bridgehead atoms. The molecule has 2 rings (SSSR count). The summed E-state index contributed by atoms with van der Waals surface area (Å²) in [4.78, 5) is 0. The van der Waals surface area contributed by atoms with Crippen molar-refractivity contribution in [3.05, 3.63) is 36.4 Å². The van der Waals surface area contributed by atoms with Gasteiger partial charge in [-0.1, -0.05) is 0 Å². The van der Waals surface area contributed by atoms with Gasteiger partial charge in [-0.3, -0.25) is 0 Å². The van der Waals surface area contributed by atoms with Gasteiger partial charge in [-0.25, -0.2) is 0 Å². The maximum absolute atomic E-state index is 12.7. The van der Waals surface area contributed by atoms with Gasteiger partial charge in [0, 0.05) is 12.1 Å². The van der Waals surface area contributed by atoms with E-state index in [4.69, 9.17) is 18.8 Å². The van der Waals surface area contributed by atoms with E-state index in [-0.39, 0.29) is 23.0 Å². The fourth-order valence-corrected chi connectivity index (χ4v) is 2.43. The van der Waals surface area contributed by atoms with Gasteiger partial charge in [-0.2, -0.15) is 0 Å². The predicted molar refractivity (Wildman–Crippen MR) is 106 cm³/mol. The van der Waals surface area contributed by atoms with E-state index in [9.17, 15) is 26.3 Å². The zero-order chi connectivity index (χ0) is 24.8. The summed E-state index contributed by atoms with van der Waals surface area (Å²) in [7, 11) is -0.536. The first-order valence-electron chi connectivity index (χ1n) is 9.60. The molecular weight excluding hydrogens is 461 g/mol. The Kier molecular flexibility index (Phi) is 8.45. The van der Waals surface area contributed by atoms with Gasteiger partial charge in [-0.15, -0.1) is 26.3 Å². The van der Waals surface area contributed by atoms with Gasteiger partial charge in [0.1, 0.15) is 11.5 Å². The topological polar surface area (TPSA) is 55.4 Å². The molecule has 2 aromatic carbocycles. The van der Waals surface area contributed by atoms with E-state index >= 15 is 0 Å². The second-order valence-corrected chi connectivity index (χ2v) is 7.05. The van der Waals surface area contributed by atoms with Crippen molar-refractivity contribution in [1.82, 2.24) is 0 Å². The summed E-state index contributed by atoms with van der Waals surface area (Å²) >= 11 is 0. The molecule has 33 heavy (non-hydrogen) atoms. The molecule has 0 amide bonds. The van der Waals surface area contributed by atoms with E-state index in [0.717, 1.165) is 12.1 Å². The largest absolute Gasteiger partial charge is 0.576 e. The minimum Gasteiger partial charge on any atom is -0.528 e. The highest BCUT2D eigenvalue weighted by molar-refractivity contribution is 6.20. The standard InChI is InChI=1S/C20H21BF6O6/c1-11(2)28-15-7-5-13(9-17(15)30-19(22,23)24)32-21-33-14-6-8-16(29-12(3)4)18(10-14)31-20(25,26)27/h5-12,21H,1-4H3. The van der Waals surface area contributed by atoms with Gasteiger partial charge in [-0.05, 0) is 52.0 Å². The first-order valence-corrected chi connectivity index (χ1v) is 9.60. The third-order valence-corrected chi connectivity index (χ3v) is 3.46. The lowest BCUT2D eigenvalue weighted by Gasteiger charge is -2.18. The third-order valence-electron chi connectivity index (χ3n) is 3.46. The number of halogens is 6. The van der Waals surface area contributed by atoms with Crippen LogP contribution in [0.1, 0.15) is 27.7 Å². The predicted octanol–water partition coefficient (Wildman–Crippen LogP) is 5.78. The summed E-state index contributed by atoms with van der Waals surface area (Å²) in [6.45, 7) is 6.52. The Morgan fingerprint density at radius 2 is 0.970 bits per heavy atom. The smallest absolute Gasteiger partial charge is 0.528 e. The number of rotatable bonds is 10. The van der Waals surface area contributed by atoms with Crippen molar-refractivity contribution in [1.29, 1.82) is 0 Å². The molecular formula is C20H21BF6O6. The van der Waals surface area contributed by atoms with Crippen molar-refractivity contribution in [3.63, 3.8) is 0 Å². The number of hydrogen-bond donors (Lipinski definition) is 0. The summed E-state index contributed by atoms with van der Waals surface area (Å²) in [6, 6.07) is 7.00. The normalized spacial score (nSPS) is 11.9. The van der Waals surface area contributed by atoms with Crippen LogP contribution in [0, 0.1) is 0 Å². The van der Waals surface area contributed by atoms with Gasteiger partial charge in [0.15, 0.2) is 23.0 Å². The lowest BCUT2D eigenvalue weighted by Crippen LogP contribution is -2.19. The molecule has 0 aromatic heterocycles. The Balaban J connectivity index is 2.12. The van der Waals surface area contributed by atoms with E-state index < -0.39 is 44.1 Å². The van der Waals surface area contributed by atoms with Crippen LogP contribution in [-0.2, 0) is 0 Å². The van der Waals surface area contributed by atoms with Gasteiger partial charge < -0.3 is 28.3 Å². The SMILES string of the molecule is CC(C)Oc1ccc(OBOc2ccc(OC(C)C)c(OC(F)(F)F)c2)cc1OC(F)(F)F. The lowest BCUT2D eigenvalue weighted by atomic mass is 10.2. The van der Waals surface area contributed by atoms with E-state index in [1.807, 2.05) is 0 Å². The van der Waals surface area contributed by atoms with E-state index in [2.05, 4.69) is 9.47 Å². The molecule has 0 aliphatic rings. The Morgan fingerprint density at radius 3 is 1.27 bits per heavy atom. The monoisotopic (exact) mass is 482 g/mol. The lowest BCUT2D eigenvalue weighted by molar-refractivity contribution is -0.276. The van der Waals surface area contributed by atoms with Crippen molar-refractivity contribution in [2.24, 2.45) is 0 Å². The molecule has 0 saturated heterocycles. The molecule has 6 nitrogen and oxygen atoms in total. The van der Waals surface area contributed by atoms with E-state index in [1.54, 1.807) is 27.7 Å². The quantitative estimate of drug-likeness (QED) is 0.316. The molecule has 0 aliphatic heterocycles. The Hall–Kier alpha value is -3.12. The van der Waals surface area contributed by atoms with Crippen molar-refractivity contribution in [3.8, 4) is 34.5 Å². The average molecular weight is 482 g/mol. The van der Waals surface area contributed by atoms with Crippen LogP contribution >= 0.6 is 0 Å². The minimum absolute atomic E-state index is 0.0584. The van der Waals surface area contributed by atoms with Gasteiger partial charge in [0.05, 0.1) is 12.2 Å². The first-order chi connectivity index (χ1) is 15.2. The molecule has 0 spiro atoms.